The van der Waals surface area contributed by atoms with E-state index in [-0.39, 0.29) is 24.4 Å². The van der Waals surface area contributed by atoms with Gasteiger partial charge in [0, 0.05) is 19.2 Å². The number of rotatable bonds is 13. The minimum absolute atomic E-state index is 0.0381. The van der Waals surface area contributed by atoms with Gasteiger partial charge in [0.2, 0.25) is 11.8 Å². The number of amides is 2. The average Bonchev–Trinajstić information content (AvgIpc) is 3.42. The lowest BCUT2D eigenvalue weighted by Gasteiger charge is -2.39. The highest BCUT2D eigenvalue weighted by Crippen LogP contribution is 2.42. The molecule has 3 aromatic rings. The van der Waals surface area contributed by atoms with Crippen LogP contribution in [0.4, 0.5) is 5.69 Å². The molecule has 202 valence electrons. The summed E-state index contributed by atoms with van der Waals surface area (Å²) >= 11 is 0. The highest BCUT2D eigenvalue weighted by atomic mass is 16.2. The third-order valence-corrected chi connectivity index (χ3v) is 7.55. The number of hydrogen-bond acceptors (Lipinski definition) is 2. The van der Waals surface area contributed by atoms with Crippen LogP contribution < -0.4 is 4.90 Å². The van der Waals surface area contributed by atoms with E-state index in [9.17, 15) is 9.59 Å². The van der Waals surface area contributed by atoms with Crippen LogP contribution in [-0.2, 0) is 9.59 Å². The molecule has 2 amide bonds. The quantitative estimate of drug-likeness (QED) is 0.221. The number of aromatic nitrogens is 1. The molecule has 1 aliphatic rings. The van der Waals surface area contributed by atoms with Crippen molar-refractivity contribution < 1.29 is 9.59 Å². The van der Waals surface area contributed by atoms with Gasteiger partial charge in [-0.15, -0.1) is 0 Å². The molecule has 1 unspecified atom stereocenters. The van der Waals surface area contributed by atoms with E-state index in [0.29, 0.717) is 13.0 Å². The molecule has 0 spiro atoms. The van der Waals surface area contributed by atoms with Crippen LogP contribution in [0.5, 0.6) is 0 Å². The molecule has 5 nitrogen and oxygen atoms in total. The minimum atomic E-state index is -0.256. The Morgan fingerprint density at radius 3 is 2.32 bits per heavy atom. The van der Waals surface area contributed by atoms with Crippen molar-refractivity contribution in [1.82, 2.24) is 9.47 Å². The molecule has 2 aromatic carbocycles. The van der Waals surface area contributed by atoms with Gasteiger partial charge in [0.05, 0.1) is 17.1 Å². The number of hydrogen-bond donors (Lipinski definition) is 0. The summed E-state index contributed by atoms with van der Waals surface area (Å²) in [5.41, 5.74) is 5.16. The Balaban J connectivity index is 1.60. The summed E-state index contributed by atoms with van der Waals surface area (Å²) in [4.78, 5) is 31.3. The smallest absolute Gasteiger partial charge is 0.247 e. The van der Waals surface area contributed by atoms with Crippen LogP contribution in [0.25, 0.3) is 5.69 Å². The second kappa shape index (κ2) is 13.5. The van der Waals surface area contributed by atoms with E-state index < -0.39 is 0 Å². The van der Waals surface area contributed by atoms with Gasteiger partial charge in [-0.3, -0.25) is 14.5 Å². The maximum absolute atomic E-state index is 14.2. The van der Waals surface area contributed by atoms with Gasteiger partial charge in [-0.2, -0.15) is 0 Å². The predicted octanol–water partition coefficient (Wildman–Crippen LogP) is 7.60. The van der Waals surface area contributed by atoms with Crippen molar-refractivity contribution in [1.29, 1.82) is 0 Å². The first-order valence-corrected chi connectivity index (χ1v) is 14.5. The van der Waals surface area contributed by atoms with E-state index in [1.807, 2.05) is 29.2 Å². The van der Waals surface area contributed by atoms with Gasteiger partial charge in [-0.25, -0.2) is 0 Å². The maximum atomic E-state index is 14.2. The molecule has 0 aliphatic carbocycles. The van der Waals surface area contributed by atoms with E-state index in [2.05, 4.69) is 67.9 Å². The van der Waals surface area contributed by atoms with Crippen molar-refractivity contribution in [3.05, 3.63) is 83.7 Å². The molecule has 4 rings (SSSR count). The second-order valence-corrected chi connectivity index (χ2v) is 10.6. The van der Waals surface area contributed by atoms with Crippen LogP contribution in [0.1, 0.15) is 94.5 Å². The SMILES string of the molecule is CCCCCCCCC(=O)N(CCCC)CC(=O)N1c2ccccc2-n2cccc2C1c1cccc(C)c1. The zero-order valence-corrected chi connectivity index (χ0v) is 23.4. The zero-order valence-electron chi connectivity index (χ0n) is 23.4. The molecular weight excluding hydrogens is 470 g/mol. The van der Waals surface area contributed by atoms with E-state index in [0.717, 1.165) is 53.9 Å². The van der Waals surface area contributed by atoms with Gasteiger partial charge >= 0.3 is 0 Å². The molecule has 0 radical (unpaired) electrons. The third kappa shape index (κ3) is 6.38. The van der Waals surface area contributed by atoms with Crippen molar-refractivity contribution in [3.8, 4) is 5.69 Å². The molecule has 1 aromatic heterocycles. The van der Waals surface area contributed by atoms with Crippen molar-refractivity contribution in [2.75, 3.05) is 18.0 Å². The van der Waals surface area contributed by atoms with Crippen LogP contribution >= 0.6 is 0 Å². The summed E-state index contributed by atoms with van der Waals surface area (Å²) < 4.78 is 2.19. The molecule has 0 N–H and O–H groups in total. The average molecular weight is 514 g/mol. The highest BCUT2D eigenvalue weighted by molar-refractivity contribution is 6.00. The molecule has 2 heterocycles. The van der Waals surface area contributed by atoms with E-state index in [1.165, 1.54) is 25.7 Å². The number of aryl methyl sites for hydroxylation is 1. The molecule has 1 atom stereocenters. The van der Waals surface area contributed by atoms with Gasteiger partial charge < -0.3 is 9.47 Å². The summed E-state index contributed by atoms with van der Waals surface area (Å²) in [7, 11) is 0. The van der Waals surface area contributed by atoms with Gasteiger partial charge in [0.25, 0.3) is 0 Å². The summed E-state index contributed by atoms with van der Waals surface area (Å²) in [6.07, 6.45) is 11.3. The fourth-order valence-electron chi connectivity index (χ4n) is 5.51. The molecule has 38 heavy (non-hydrogen) atoms. The Morgan fingerprint density at radius 2 is 1.55 bits per heavy atom. The number of nitrogens with zero attached hydrogens (tertiary/aromatic N) is 3. The molecule has 0 saturated heterocycles. The Labute approximate surface area is 228 Å². The van der Waals surface area contributed by atoms with Gasteiger partial charge in [0.1, 0.15) is 12.6 Å². The maximum Gasteiger partial charge on any atom is 0.247 e. The molecule has 0 fully saturated rings. The summed E-state index contributed by atoms with van der Waals surface area (Å²) in [5.74, 6) is 0.0619. The lowest BCUT2D eigenvalue weighted by atomic mass is 9.96. The topological polar surface area (TPSA) is 45.6 Å². The predicted molar refractivity (Wildman–Crippen MR) is 156 cm³/mol. The number of para-hydroxylation sites is 2. The number of carbonyl (C=O) groups excluding carboxylic acids is 2. The first-order chi connectivity index (χ1) is 18.5. The summed E-state index contributed by atoms with van der Waals surface area (Å²) in [5, 5.41) is 0. The Morgan fingerprint density at radius 1 is 0.816 bits per heavy atom. The minimum Gasteiger partial charge on any atom is -0.333 e. The van der Waals surface area contributed by atoms with Crippen molar-refractivity contribution in [3.63, 3.8) is 0 Å². The first kappa shape index (κ1) is 27.7. The zero-order chi connectivity index (χ0) is 26.9. The Bertz CT molecular complexity index is 1210. The Kier molecular flexibility index (Phi) is 9.80. The molecule has 0 bridgehead atoms. The third-order valence-electron chi connectivity index (χ3n) is 7.55. The molecular formula is C33H43N3O2. The fraction of sp³-hybridized carbons (Fsp3) is 0.455. The van der Waals surface area contributed by atoms with Gasteiger partial charge in [0.15, 0.2) is 0 Å². The second-order valence-electron chi connectivity index (χ2n) is 10.6. The van der Waals surface area contributed by atoms with Crippen LogP contribution in [0.2, 0.25) is 0 Å². The Hall–Kier alpha value is -3.34. The van der Waals surface area contributed by atoms with Crippen molar-refractivity contribution in [2.45, 2.75) is 84.6 Å². The van der Waals surface area contributed by atoms with Crippen LogP contribution in [0, 0.1) is 6.92 Å². The number of benzene rings is 2. The fourth-order valence-corrected chi connectivity index (χ4v) is 5.51. The van der Waals surface area contributed by atoms with Gasteiger partial charge in [-0.05, 0) is 49.6 Å². The molecule has 5 heteroatoms. The highest BCUT2D eigenvalue weighted by Gasteiger charge is 2.36. The molecule has 0 saturated carbocycles. The summed E-state index contributed by atoms with van der Waals surface area (Å²) in [6, 6.07) is 20.4. The first-order valence-electron chi connectivity index (χ1n) is 14.5. The summed E-state index contributed by atoms with van der Waals surface area (Å²) in [6.45, 7) is 7.15. The largest absolute Gasteiger partial charge is 0.333 e. The van der Waals surface area contributed by atoms with E-state index >= 15 is 0 Å². The standard InChI is InChI=1S/C33H43N3O2/c1-4-6-8-9-10-11-21-31(37)34(22-7-5-2)25-32(38)36-29-19-13-12-18-28(29)35-23-15-20-30(35)33(36)27-17-14-16-26(3)24-27/h12-20,23-24,33H,4-11,21-22,25H2,1-3H3. The van der Waals surface area contributed by atoms with Crippen molar-refractivity contribution >= 4 is 17.5 Å². The lowest BCUT2D eigenvalue weighted by molar-refractivity contribution is -0.135. The normalized spacial score (nSPS) is 14.2. The number of carbonyl (C=O) groups is 2. The van der Waals surface area contributed by atoms with Crippen molar-refractivity contribution in [2.24, 2.45) is 0 Å². The van der Waals surface area contributed by atoms with Crippen LogP contribution in [0.15, 0.2) is 66.9 Å². The van der Waals surface area contributed by atoms with Gasteiger partial charge in [-0.1, -0.05) is 94.3 Å². The van der Waals surface area contributed by atoms with Crippen LogP contribution in [-0.4, -0.2) is 34.4 Å². The van der Waals surface area contributed by atoms with Crippen LogP contribution in [0.3, 0.4) is 0 Å². The number of fused-ring (bicyclic) bond motifs is 3. The number of unbranched alkanes of at least 4 members (excludes halogenated alkanes) is 6. The van der Waals surface area contributed by atoms with E-state index in [4.69, 9.17) is 0 Å². The monoisotopic (exact) mass is 513 g/mol. The van der Waals surface area contributed by atoms with E-state index in [1.54, 1.807) is 4.90 Å². The molecule has 1 aliphatic heterocycles. The number of anilines is 1. The lowest BCUT2D eigenvalue weighted by Crippen LogP contribution is -2.47.